The van der Waals surface area contributed by atoms with Crippen molar-refractivity contribution in [2.75, 3.05) is 6.54 Å². The summed E-state index contributed by atoms with van der Waals surface area (Å²) in [5.41, 5.74) is 5.72. The second-order valence-electron chi connectivity index (χ2n) is 2.67. The van der Waals surface area contributed by atoms with Crippen LogP contribution in [0.3, 0.4) is 0 Å². The Morgan fingerprint density at radius 2 is 2.15 bits per heavy atom. The first-order valence-corrected chi connectivity index (χ1v) is 3.74. The Morgan fingerprint density at radius 3 is 2.54 bits per heavy atom. The van der Waals surface area contributed by atoms with Gasteiger partial charge in [-0.1, -0.05) is 0 Å². The minimum atomic E-state index is -4.39. The highest BCUT2D eigenvalue weighted by molar-refractivity contribution is 5.07. The topological polar surface area (TPSA) is 43.8 Å². The third-order valence-electron chi connectivity index (χ3n) is 1.74. The first-order valence-electron chi connectivity index (χ1n) is 3.74. The molecule has 0 unspecified atom stereocenters. The van der Waals surface area contributed by atoms with E-state index in [4.69, 9.17) is 5.73 Å². The van der Waals surface area contributed by atoms with E-state index < -0.39 is 12.0 Å². The van der Waals surface area contributed by atoms with Crippen LogP contribution in [0.15, 0.2) is 6.20 Å². The molecular weight excluding hydrogens is 183 g/mol. The van der Waals surface area contributed by atoms with E-state index in [1.165, 1.54) is 13.2 Å². The quantitative estimate of drug-likeness (QED) is 0.759. The van der Waals surface area contributed by atoms with Crippen molar-refractivity contribution < 1.29 is 13.2 Å². The van der Waals surface area contributed by atoms with Gasteiger partial charge in [0.05, 0.1) is 0 Å². The summed E-state index contributed by atoms with van der Waals surface area (Å²) in [6, 6.07) is 0. The summed E-state index contributed by atoms with van der Waals surface area (Å²) in [5.74, 6) is -0.879. The van der Waals surface area contributed by atoms with E-state index in [-0.39, 0.29) is 0 Å². The lowest BCUT2D eigenvalue weighted by atomic mass is 10.3. The number of aromatic nitrogens is 2. The van der Waals surface area contributed by atoms with Gasteiger partial charge in [-0.25, -0.2) is 4.98 Å². The Balaban J connectivity index is 2.99. The average Bonchev–Trinajstić information content (AvgIpc) is 2.32. The van der Waals surface area contributed by atoms with Crippen LogP contribution in [-0.4, -0.2) is 16.1 Å². The molecule has 1 aromatic rings. The number of rotatable bonds is 2. The number of alkyl halides is 3. The lowest BCUT2D eigenvalue weighted by Crippen LogP contribution is -2.15. The van der Waals surface area contributed by atoms with Crippen molar-refractivity contribution in [3.8, 4) is 0 Å². The third kappa shape index (κ3) is 2.00. The second-order valence-corrected chi connectivity index (χ2v) is 2.67. The molecule has 0 bridgehead atoms. The van der Waals surface area contributed by atoms with Crippen LogP contribution in [0.5, 0.6) is 0 Å². The van der Waals surface area contributed by atoms with Crippen LogP contribution >= 0.6 is 0 Å². The van der Waals surface area contributed by atoms with Crippen LogP contribution in [0, 0.1) is 0 Å². The van der Waals surface area contributed by atoms with Crippen LogP contribution in [0.1, 0.15) is 11.5 Å². The number of hydrogen-bond donors (Lipinski definition) is 1. The Kier molecular flexibility index (Phi) is 2.60. The molecule has 0 aromatic carbocycles. The lowest BCUT2D eigenvalue weighted by Gasteiger charge is -2.07. The predicted octanol–water partition coefficient (Wildman–Crippen LogP) is 0.940. The van der Waals surface area contributed by atoms with Crippen LogP contribution in [-0.2, 0) is 19.6 Å². The van der Waals surface area contributed by atoms with Crippen LogP contribution in [0.4, 0.5) is 13.2 Å². The Morgan fingerprint density at radius 1 is 1.54 bits per heavy atom. The highest BCUT2D eigenvalue weighted by atomic mass is 19.4. The number of hydrogen-bond acceptors (Lipinski definition) is 2. The van der Waals surface area contributed by atoms with Gasteiger partial charge >= 0.3 is 6.18 Å². The summed E-state index contributed by atoms with van der Waals surface area (Å²) in [5, 5.41) is 0. The van der Waals surface area contributed by atoms with E-state index in [1.807, 2.05) is 0 Å². The van der Waals surface area contributed by atoms with E-state index in [1.54, 1.807) is 0 Å². The normalized spacial score (nSPS) is 12.1. The van der Waals surface area contributed by atoms with Crippen LogP contribution in [0.25, 0.3) is 0 Å². The third-order valence-corrected chi connectivity index (χ3v) is 1.74. The zero-order chi connectivity index (χ0) is 10.1. The molecular formula is C7H10F3N3. The molecule has 13 heavy (non-hydrogen) atoms. The van der Waals surface area contributed by atoms with E-state index in [2.05, 4.69) is 4.98 Å². The number of nitrogens with zero attached hydrogens (tertiary/aromatic N) is 2. The molecule has 3 nitrogen and oxygen atoms in total. The Bertz CT molecular complexity index is 290. The molecule has 0 aliphatic carbocycles. The molecule has 1 heterocycles. The van der Waals surface area contributed by atoms with E-state index in [0.717, 1.165) is 4.57 Å². The summed E-state index contributed by atoms with van der Waals surface area (Å²) >= 11 is 0. The molecule has 0 saturated carbocycles. The molecule has 74 valence electrons. The SMILES string of the molecule is Cn1c(CCN)cnc1C(F)(F)F. The zero-order valence-corrected chi connectivity index (χ0v) is 7.10. The van der Waals surface area contributed by atoms with Crippen molar-refractivity contribution in [2.45, 2.75) is 12.6 Å². The Hall–Kier alpha value is -1.04. The molecule has 1 aromatic heterocycles. The van der Waals surface area contributed by atoms with Crippen LogP contribution < -0.4 is 5.73 Å². The first-order chi connectivity index (χ1) is 5.96. The highest BCUT2D eigenvalue weighted by Crippen LogP contribution is 2.27. The van der Waals surface area contributed by atoms with Crippen molar-refractivity contribution >= 4 is 0 Å². The first kappa shape index (κ1) is 10.0. The maximum atomic E-state index is 12.2. The zero-order valence-electron chi connectivity index (χ0n) is 7.10. The largest absolute Gasteiger partial charge is 0.449 e. The summed E-state index contributed by atoms with van der Waals surface area (Å²) in [4.78, 5) is 3.29. The fourth-order valence-corrected chi connectivity index (χ4v) is 1.09. The molecule has 0 radical (unpaired) electrons. The second kappa shape index (κ2) is 3.37. The van der Waals surface area contributed by atoms with Crippen molar-refractivity contribution in [1.82, 2.24) is 9.55 Å². The van der Waals surface area contributed by atoms with Crippen LogP contribution in [0.2, 0.25) is 0 Å². The van der Waals surface area contributed by atoms with Crippen molar-refractivity contribution in [3.63, 3.8) is 0 Å². The van der Waals surface area contributed by atoms with E-state index in [0.29, 0.717) is 18.7 Å². The molecule has 0 fully saturated rings. The fraction of sp³-hybridized carbons (Fsp3) is 0.571. The van der Waals surface area contributed by atoms with Gasteiger partial charge in [0.25, 0.3) is 0 Å². The number of imidazole rings is 1. The monoisotopic (exact) mass is 193 g/mol. The van der Waals surface area contributed by atoms with E-state index >= 15 is 0 Å². The van der Waals surface area contributed by atoms with Crippen molar-refractivity contribution in [1.29, 1.82) is 0 Å². The van der Waals surface area contributed by atoms with Gasteiger partial charge in [0.2, 0.25) is 5.82 Å². The van der Waals surface area contributed by atoms with Gasteiger partial charge in [-0.2, -0.15) is 13.2 Å². The van der Waals surface area contributed by atoms with Crippen molar-refractivity contribution in [3.05, 3.63) is 17.7 Å². The van der Waals surface area contributed by atoms with Gasteiger partial charge in [0.15, 0.2) is 0 Å². The average molecular weight is 193 g/mol. The molecule has 2 N–H and O–H groups in total. The van der Waals surface area contributed by atoms with Gasteiger partial charge in [-0.05, 0) is 6.54 Å². The molecule has 0 aliphatic heterocycles. The maximum Gasteiger partial charge on any atom is 0.449 e. The summed E-state index contributed by atoms with van der Waals surface area (Å²) in [6.07, 6.45) is -2.78. The molecule has 0 amide bonds. The van der Waals surface area contributed by atoms with Crippen molar-refractivity contribution in [2.24, 2.45) is 12.8 Å². The van der Waals surface area contributed by atoms with Gasteiger partial charge in [-0.3, -0.25) is 0 Å². The maximum absolute atomic E-state index is 12.2. The molecule has 1 rings (SSSR count). The minimum absolute atomic E-state index is 0.316. The standard InChI is InChI=1S/C7H10F3N3/c1-13-5(2-3-11)4-12-6(13)7(8,9)10/h4H,2-3,11H2,1H3. The number of halogens is 3. The fourth-order valence-electron chi connectivity index (χ4n) is 1.09. The van der Waals surface area contributed by atoms with Gasteiger partial charge in [0.1, 0.15) is 0 Å². The summed E-state index contributed by atoms with van der Waals surface area (Å²) in [6.45, 7) is 0.316. The lowest BCUT2D eigenvalue weighted by molar-refractivity contribution is -0.146. The van der Waals surface area contributed by atoms with Gasteiger partial charge in [-0.15, -0.1) is 0 Å². The minimum Gasteiger partial charge on any atom is -0.330 e. The predicted molar refractivity (Wildman–Crippen MR) is 41.0 cm³/mol. The summed E-state index contributed by atoms with van der Waals surface area (Å²) in [7, 11) is 1.33. The molecule has 0 atom stereocenters. The highest BCUT2D eigenvalue weighted by Gasteiger charge is 2.36. The molecule has 6 heteroatoms. The smallest absolute Gasteiger partial charge is 0.330 e. The summed E-state index contributed by atoms with van der Waals surface area (Å²) < 4.78 is 37.6. The molecule has 0 aliphatic rings. The molecule has 0 saturated heterocycles. The Labute approximate surface area is 73.4 Å². The number of nitrogens with two attached hydrogens (primary N) is 1. The van der Waals surface area contributed by atoms with E-state index in [9.17, 15) is 13.2 Å². The molecule has 0 spiro atoms. The van der Waals surface area contributed by atoms with Gasteiger partial charge < -0.3 is 10.3 Å². The van der Waals surface area contributed by atoms with Gasteiger partial charge in [0, 0.05) is 25.4 Å².